The fourth-order valence-electron chi connectivity index (χ4n) is 2.86. The van der Waals surface area contributed by atoms with Gasteiger partial charge in [0.2, 0.25) is 0 Å². The van der Waals surface area contributed by atoms with Crippen molar-refractivity contribution in [3.05, 3.63) is 75.1 Å². The summed E-state index contributed by atoms with van der Waals surface area (Å²) >= 11 is 13.0. The Hall–Kier alpha value is -2.87. The lowest BCUT2D eigenvalue weighted by atomic mass is 10.1. The first-order valence-corrected chi connectivity index (χ1v) is 10.2. The van der Waals surface area contributed by atoms with Crippen LogP contribution in [-0.4, -0.2) is 34.1 Å². The molecule has 0 aliphatic heterocycles. The minimum Gasteiger partial charge on any atom is -0.480 e. The van der Waals surface area contributed by atoms with Gasteiger partial charge in [0.15, 0.2) is 0 Å². The maximum atomic E-state index is 13.3. The van der Waals surface area contributed by atoms with Crippen LogP contribution in [0, 0.1) is 0 Å². The second kappa shape index (κ2) is 8.87. The molecule has 2 N–H and O–H groups in total. The Kier molecular flexibility index (Phi) is 6.45. The van der Waals surface area contributed by atoms with Gasteiger partial charge in [0, 0.05) is 9.90 Å². The Morgan fingerprint density at radius 3 is 2.23 bits per heavy atom. The van der Waals surface area contributed by atoms with Gasteiger partial charge in [0.05, 0.1) is 16.3 Å². The molecule has 154 valence electrons. The summed E-state index contributed by atoms with van der Waals surface area (Å²) in [6, 6.07) is 13.4. The number of amides is 1. The van der Waals surface area contributed by atoms with Crippen LogP contribution in [-0.2, 0) is 4.79 Å². The van der Waals surface area contributed by atoms with E-state index in [0.717, 1.165) is 21.8 Å². The quantitative estimate of drug-likeness (QED) is 0.500. The molecule has 1 unspecified atom stereocenters. The molecule has 6 nitrogen and oxygen atoms in total. The number of rotatable bonds is 6. The first kappa shape index (κ1) is 21.8. The highest BCUT2D eigenvalue weighted by molar-refractivity contribution is 7.18. The van der Waals surface area contributed by atoms with E-state index in [4.69, 9.17) is 23.2 Å². The molecule has 1 heterocycles. The molecule has 9 heteroatoms. The molecule has 0 aliphatic carbocycles. The van der Waals surface area contributed by atoms with Gasteiger partial charge in [-0.15, -0.1) is 11.3 Å². The van der Waals surface area contributed by atoms with Gasteiger partial charge >= 0.3 is 11.9 Å². The summed E-state index contributed by atoms with van der Waals surface area (Å²) in [5, 5.41) is 19.6. The molecular weight excluding hydrogens is 449 g/mol. The van der Waals surface area contributed by atoms with E-state index in [-0.39, 0.29) is 21.2 Å². The first-order valence-electron chi connectivity index (χ1n) is 8.64. The normalized spacial score (nSPS) is 11.7. The van der Waals surface area contributed by atoms with Gasteiger partial charge < -0.3 is 10.2 Å². The second-order valence-electron chi connectivity index (χ2n) is 6.31. The maximum Gasteiger partial charge on any atom is 0.348 e. The predicted molar refractivity (Wildman–Crippen MR) is 117 cm³/mol. The van der Waals surface area contributed by atoms with Crippen molar-refractivity contribution < 1.29 is 24.6 Å². The monoisotopic (exact) mass is 463 g/mol. The van der Waals surface area contributed by atoms with Crippen LogP contribution in [0.3, 0.4) is 0 Å². The molecule has 0 radical (unpaired) electrons. The van der Waals surface area contributed by atoms with E-state index in [2.05, 4.69) is 0 Å². The van der Waals surface area contributed by atoms with Crippen LogP contribution < -0.4 is 4.90 Å². The van der Waals surface area contributed by atoms with Crippen molar-refractivity contribution in [1.29, 1.82) is 0 Å². The number of carbonyl (C=O) groups is 3. The summed E-state index contributed by atoms with van der Waals surface area (Å²) in [5.74, 6) is -3.31. The van der Waals surface area contributed by atoms with Gasteiger partial charge in [-0.2, -0.15) is 0 Å². The molecule has 1 amide bonds. The zero-order chi connectivity index (χ0) is 22.0. The third kappa shape index (κ3) is 4.33. The number of aromatic carboxylic acids is 1. The van der Waals surface area contributed by atoms with Gasteiger partial charge in [0.1, 0.15) is 10.9 Å². The van der Waals surface area contributed by atoms with Crippen LogP contribution in [0.1, 0.15) is 27.0 Å². The zero-order valence-corrected chi connectivity index (χ0v) is 17.8. The summed E-state index contributed by atoms with van der Waals surface area (Å²) in [6.07, 6.45) is 0. The molecule has 2 aromatic carbocycles. The standard InChI is InChI=1S/C21H15Cl2NO5S/c1-11(20(26)27)24(19(25)14-8-7-13(22)9-15(14)23)16-10-17(30-18(16)21(28)29)12-5-3-2-4-6-12/h2-11H,1H3,(H,26,27)(H,28,29). The molecule has 30 heavy (non-hydrogen) atoms. The van der Waals surface area contributed by atoms with Gasteiger partial charge in [-0.05, 0) is 36.8 Å². The molecule has 0 saturated carbocycles. The van der Waals surface area contributed by atoms with Crippen LogP contribution in [0.25, 0.3) is 10.4 Å². The molecule has 0 saturated heterocycles. The fourth-order valence-corrected chi connectivity index (χ4v) is 4.34. The van der Waals surface area contributed by atoms with E-state index < -0.39 is 23.9 Å². The Morgan fingerprint density at radius 1 is 1.00 bits per heavy atom. The summed E-state index contributed by atoms with van der Waals surface area (Å²) in [4.78, 5) is 38.3. The highest BCUT2D eigenvalue weighted by Gasteiger charge is 2.33. The van der Waals surface area contributed by atoms with Crippen molar-refractivity contribution in [2.75, 3.05) is 4.90 Å². The fraction of sp³-hybridized carbons (Fsp3) is 0.0952. The SMILES string of the molecule is CC(C(=O)O)N(C(=O)c1ccc(Cl)cc1Cl)c1cc(-c2ccccc2)sc1C(=O)O. The number of thiophene rings is 1. The smallest absolute Gasteiger partial charge is 0.348 e. The van der Waals surface area contributed by atoms with Crippen LogP contribution in [0.15, 0.2) is 54.6 Å². The molecular formula is C21H15Cl2NO5S. The minimum absolute atomic E-state index is 0.0120. The predicted octanol–water partition coefficient (Wildman–Crippen LogP) is 5.54. The van der Waals surface area contributed by atoms with Crippen molar-refractivity contribution in [3.8, 4) is 10.4 Å². The third-order valence-electron chi connectivity index (χ3n) is 4.35. The molecule has 1 atom stereocenters. The number of carboxylic acid groups (broad SMARTS) is 2. The van der Waals surface area contributed by atoms with Gasteiger partial charge in [0.25, 0.3) is 5.91 Å². The van der Waals surface area contributed by atoms with E-state index in [0.29, 0.717) is 9.90 Å². The number of hydrogen-bond donors (Lipinski definition) is 2. The molecule has 3 rings (SSSR count). The number of hydrogen-bond acceptors (Lipinski definition) is 4. The zero-order valence-electron chi connectivity index (χ0n) is 15.5. The van der Waals surface area contributed by atoms with Gasteiger partial charge in [-0.25, -0.2) is 9.59 Å². The first-order chi connectivity index (χ1) is 14.2. The van der Waals surface area contributed by atoms with Crippen LogP contribution in [0.4, 0.5) is 5.69 Å². The average molecular weight is 464 g/mol. The van der Waals surface area contributed by atoms with E-state index in [9.17, 15) is 24.6 Å². The molecule has 0 aliphatic rings. The Labute approximate surface area is 185 Å². The lowest BCUT2D eigenvalue weighted by Gasteiger charge is -2.26. The van der Waals surface area contributed by atoms with E-state index >= 15 is 0 Å². The summed E-state index contributed by atoms with van der Waals surface area (Å²) in [5.41, 5.74) is 0.742. The Morgan fingerprint density at radius 2 is 1.67 bits per heavy atom. The maximum absolute atomic E-state index is 13.3. The van der Waals surface area contributed by atoms with E-state index in [1.54, 1.807) is 24.3 Å². The number of carboxylic acids is 2. The average Bonchev–Trinajstić information content (AvgIpc) is 3.14. The summed E-state index contributed by atoms with van der Waals surface area (Å²) < 4.78 is 0. The second-order valence-corrected chi connectivity index (χ2v) is 8.21. The van der Waals surface area contributed by atoms with Gasteiger partial charge in [-0.1, -0.05) is 53.5 Å². The van der Waals surface area contributed by atoms with Crippen molar-refractivity contribution in [3.63, 3.8) is 0 Å². The highest BCUT2D eigenvalue weighted by Crippen LogP contribution is 2.39. The lowest BCUT2D eigenvalue weighted by Crippen LogP contribution is -2.44. The topological polar surface area (TPSA) is 94.9 Å². The Bertz CT molecular complexity index is 1130. The van der Waals surface area contributed by atoms with Crippen LogP contribution in [0.2, 0.25) is 10.0 Å². The highest BCUT2D eigenvalue weighted by atomic mass is 35.5. The number of halogens is 2. The number of aliphatic carboxylic acids is 1. The summed E-state index contributed by atoms with van der Waals surface area (Å²) in [7, 11) is 0. The van der Waals surface area contributed by atoms with Crippen LogP contribution >= 0.6 is 34.5 Å². The molecule has 0 bridgehead atoms. The number of benzene rings is 2. The van der Waals surface area contributed by atoms with E-state index in [1.807, 2.05) is 6.07 Å². The largest absolute Gasteiger partial charge is 0.480 e. The summed E-state index contributed by atoms with van der Waals surface area (Å²) in [6.45, 7) is 1.30. The van der Waals surface area contributed by atoms with Gasteiger partial charge in [-0.3, -0.25) is 9.69 Å². The van der Waals surface area contributed by atoms with Crippen molar-refractivity contribution in [2.24, 2.45) is 0 Å². The minimum atomic E-state index is -1.35. The molecule has 0 fully saturated rings. The Balaban J connectivity index is 2.19. The van der Waals surface area contributed by atoms with Crippen molar-refractivity contribution >= 4 is 58.1 Å². The van der Waals surface area contributed by atoms with Crippen molar-refractivity contribution in [1.82, 2.24) is 0 Å². The van der Waals surface area contributed by atoms with Crippen molar-refractivity contribution in [2.45, 2.75) is 13.0 Å². The van der Waals surface area contributed by atoms with E-state index in [1.165, 1.54) is 31.2 Å². The molecule has 1 aromatic heterocycles. The third-order valence-corrected chi connectivity index (χ3v) is 6.06. The number of nitrogens with zero attached hydrogens (tertiary/aromatic N) is 1. The molecule has 0 spiro atoms. The number of carbonyl (C=O) groups excluding carboxylic acids is 1. The molecule has 3 aromatic rings. The lowest BCUT2D eigenvalue weighted by molar-refractivity contribution is -0.138. The number of anilines is 1. The van der Waals surface area contributed by atoms with Crippen LogP contribution in [0.5, 0.6) is 0 Å².